The molecule has 1 saturated heterocycles. The van der Waals surface area contributed by atoms with Gasteiger partial charge in [-0.3, -0.25) is 9.59 Å². The van der Waals surface area contributed by atoms with Gasteiger partial charge in [0.2, 0.25) is 0 Å². The van der Waals surface area contributed by atoms with E-state index >= 15 is 0 Å². The van der Waals surface area contributed by atoms with Crippen LogP contribution in [0.15, 0.2) is 84.9 Å². The van der Waals surface area contributed by atoms with Gasteiger partial charge < -0.3 is 25.2 Å². The lowest BCUT2D eigenvalue weighted by Crippen LogP contribution is -2.52. The second-order valence-electron chi connectivity index (χ2n) is 8.11. The van der Waals surface area contributed by atoms with Gasteiger partial charge in [0.15, 0.2) is 6.61 Å². The summed E-state index contributed by atoms with van der Waals surface area (Å²) in [6, 6.07) is 24.0. The first-order valence-electron chi connectivity index (χ1n) is 11.5. The summed E-state index contributed by atoms with van der Waals surface area (Å²) in [5.41, 5.74) is 1.60. The Morgan fingerprint density at radius 3 is 1.97 bits per heavy atom. The molecule has 9 nitrogen and oxygen atoms in total. The van der Waals surface area contributed by atoms with Crippen molar-refractivity contribution in [2.75, 3.05) is 43.4 Å². The minimum Gasteiger partial charge on any atom is -0.452 e. The Bertz CT molecular complexity index is 1230. The molecule has 0 radical (unpaired) electrons. The van der Waals surface area contributed by atoms with Crippen LogP contribution in [0.25, 0.3) is 0 Å². The molecule has 1 aliphatic heterocycles. The van der Waals surface area contributed by atoms with Gasteiger partial charge in [0.25, 0.3) is 11.8 Å². The zero-order valence-corrected chi connectivity index (χ0v) is 19.6. The van der Waals surface area contributed by atoms with Crippen molar-refractivity contribution in [3.63, 3.8) is 0 Å². The Labute approximate surface area is 208 Å². The standard InChI is InChI=1S/C27H26N4O5/c32-24(30-15-17-31(18-16-30)27(35)28-21-11-5-2-6-12-21)19-36-26(34)22-13-7-8-14-23(22)29-25(33)20-9-3-1-4-10-20/h1-14H,15-19H2,(H,28,35)(H,29,33). The quantitative estimate of drug-likeness (QED) is 0.519. The zero-order chi connectivity index (χ0) is 25.3. The molecule has 0 saturated carbocycles. The number of anilines is 2. The van der Waals surface area contributed by atoms with Crippen molar-refractivity contribution < 1.29 is 23.9 Å². The van der Waals surface area contributed by atoms with Crippen molar-refractivity contribution in [3.8, 4) is 0 Å². The number of nitrogens with zero attached hydrogens (tertiary/aromatic N) is 2. The van der Waals surface area contributed by atoms with Crippen molar-refractivity contribution in [2.45, 2.75) is 0 Å². The number of nitrogens with one attached hydrogen (secondary N) is 2. The summed E-state index contributed by atoms with van der Waals surface area (Å²) in [5, 5.41) is 5.54. The molecule has 36 heavy (non-hydrogen) atoms. The molecule has 2 N–H and O–H groups in total. The summed E-state index contributed by atoms with van der Waals surface area (Å²) >= 11 is 0. The summed E-state index contributed by atoms with van der Waals surface area (Å²) in [5.74, 6) is -1.42. The van der Waals surface area contributed by atoms with Gasteiger partial charge in [0.05, 0.1) is 11.3 Å². The Morgan fingerprint density at radius 2 is 1.28 bits per heavy atom. The minimum absolute atomic E-state index is 0.150. The van der Waals surface area contributed by atoms with Gasteiger partial charge in [-0.15, -0.1) is 0 Å². The molecule has 0 atom stereocenters. The number of rotatable bonds is 6. The van der Waals surface area contributed by atoms with E-state index in [1.807, 2.05) is 18.2 Å². The lowest BCUT2D eigenvalue weighted by molar-refractivity contribution is -0.135. The van der Waals surface area contributed by atoms with Crippen LogP contribution in [-0.2, 0) is 9.53 Å². The second kappa shape index (κ2) is 11.7. The molecule has 184 valence electrons. The fourth-order valence-corrected chi connectivity index (χ4v) is 3.73. The highest BCUT2D eigenvalue weighted by molar-refractivity contribution is 6.08. The van der Waals surface area contributed by atoms with E-state index in [1.165, 1.54) is 6.07 Å². The predicted molar refractivity (Wildman–Crippen MR) is 135 cm³/mol. The Kier molecular flexibility index (Phi) is 7.92. The van der Waals surface area contributed by atoms with Crippen LogP contribution in [0.5, 0.6) is 0 Å². The molecule has 0 aliphatic carbocycles. The zero-order valence-electron chi connectivity index (χ0n) is 19.6. The molecule has 0 unspecified atom stereocenters. The van der Waals surface area contributed by atoms with Crippen molar-refractivity contribution >= 4 is 35.2 Å². The summed E-state index contributed by atoms with van der Waals surface area (Å²) in [7, 11) is 0. The molecule has 1 aliphatic rings. The number of hydrogen-bond donors (Lipinski definition) is 2. The molecule has 3 aromatic rings. The van der Waals surface area contributed by atoms with Gasteiger partial charge in [-0.1, -0.05) is 48.5 Å². The highest BCUT2D eigenvalue weighted by atomic mass is 16.5. The van der Waals surface area contributed by atoms with Crippen molar-refractivity contribution in [3.05, 3.63) is 96.1 Å². The van der Waals surface area contributed by atoms with E-state index in [4.69, 9.17) is 4.74 Å². The van der Waals surface area contributed by atoms with E-state index in [0.29, 0.717) is 43.1 Å². The van der Waals surface area contributed by atoms with Gasteiger partial charge in [-0.25, -0.2) is 9.59 Å². The number of ether oxygens (including phenoxy) is 1. The number of carbonyl (C=O) groups is 4. The van der Waals surface area contributed by atoms with Crippen LogP contribution >= 0.6 is 0 Å². The molecule has 0 spiro atoms. The van der Waals surface area contributed by atoms with E-state index in [0.717, 1.165) is 0 Å². The fourth-order valence-electron chi connectivity index (χ4n) is 3.73. The number of piperazine rings is 1. The van der Waals surface area contributed by atoms with Gasteiger partial charge >= 0.3 is 12.0 Å². The van der Waals surface area contributed by atoms with Crippen molar-refractivity contribution in [1.82, 2.24) is 9.80 Å². The number of para-hydroxylation sites is 2. The highest BCUT2D eigenvalue weighted by Gasteiger charge is 2.25. The van der Waals surface area contributed by atoms with E-state index in [2.05, 4.69) is 10.6 Å². The second-order valence-corrected chi connectivity index (χ2v) is 8.11. The Balaban J connectivity index is 1.27. The van der Waals surface area contributed by atoms with Crippen LogP contribution in [0.3, 0.4) is 0 Å². The van der Waals surface area contributed by atoms with E-state index in [1.54, 1.807) is 70.5 Å². The maximum atomic E-state index is 12.7. The average Bonchev–Trinajstić information content (AvgIpc) is 2.93. The molecule has 1 fully saturated rings. The number of carbonyl (C=O) groups excluding carboxylic acids is 4. The van der Waals surface area contributed by atoms with Crippen LogP contribution < -0.4 is 10.6 Å². The first-order valence-corrected chi connectivity index (χ1v) is 11.5. The summed E-state index contributed by atoms with van der Waals surface area (Å²) in [6.07, 6.45) is 0. The average molecular weight is 487 g/mol. The first kappa shape index (κ1) is 24.5. The van der Waals surface area contributed by atoms with Crippen LogP contribution in [-0.4, -0.2) is 66.4 Å². The van der Waals surface area contributed by atoms with Crippen LogP contribution in [0, 0.1) is 0 Å². The van der Waals surface area contributed by atoms with E-state index in [9.17, 15) is 19.2 Å². The van der Waals surface area contributed by atoms with E-state index in [-0.39, 0.29) is 23.4 Å². The smallest absolute Gasteiger partial charge is 0.340 e. The number of benzene rings is 3. The summed E-state index contributed by atoms with van der Waals surface area (Å²) in [4.78, 5) is 53.4. The number of amides is 4. The normalized spacial score (nSPS) is 13.0. The lowest BCUT2D eigenvalue weighted by Gasteiger charge is -2.34. The SMILES string of the molecule is O=C(Nc1ccccc1C(=O)OCC(=O)N1CCN(C(=O)Nc2ccccc2)CC1)c1ccccc1. The molecule has 4 rings (SSSR count). The fraction of sp³-hybridized carbons (Fsp3) is 0.185. The molecule has 4 amide bonds. The maximum absolute atomic E-state index is 12.7. The first-order chi connectivity index (χ1) is 17.5. The van der Waals surface area contributed by atoms with Crippen molar-refractivity contribution in [1.29, 1.82) is 0 Å². The van der Waals surface area contributed by atoms with Gasteiger partial charge in [0, 0.05) is 37.4 Å². The topological polar surface area (TPSA) is 108 Å². The third kappa shape index (κ3) is 6.26. The van der Waals surface area contributed by atoms with Crippen LogP contribution in [0.4, 0.5) is 16.2 Å². The number of urea groups is 1. The van der Waals surface area contributed by atoms with Crippen molar-refractivity contribution in [2.24, 2.45) is 0 Å². The summed E-state index contributed by atoms with van der Waals surface area (Å²) < 4.78 is 5.25. The predicted octanol–water partition coefficient (Wildman–Crippen LogP) is 3.47. The van der Waals surface area contributed by atoms with E-state index < -0.39 is 12.6 Å². The van der Waals surface area contributed by atoms with Gasteiger partial charge in [-0.2, -0.15) is 0 Å². The molecule has 1 heterocycles. The molecular weight excluding hydrogens is 460 g/mol. The molecule has 0 aromatic heterocycles. The Morgan fingerprint density at radius 1 is 0.694 bits per heavy atom. The third-order valence-corrected chi connectivity index (χ3v) is 5.70. The largest absolute Gasteiger partial charge is 0.452 e. The monoisotopic (exact) mass is 486 g/mol. The molecule has 9 heteroatoms. The molecular formula is C27H26N4O5. The Hall–Kier alpha value is -4.66. The van der Waals surface area contributed by atoms with Crippen LogP contribution in [0.2, 0.25) is 0 Å². The maximum Gasteiger partial charge on any atom is 0.340 e. The highest BCUT2D eigenvalue weighted by Crippen LogP contribution is 2.18. The lowest BCUT2D eigenvalue weighted by atomic mass is 10.1. The van der Waals surface area contributed by atoms with Gasteiger partial charge in [-0.05, 0) is 36.4 Å². The summed E-state index contributed by atoms with van der Waals surface area (Å²) in [6.45, 7) is 0.972. The third-order valence-electron chi connectivity index (χ3n) is 5.70. The van der Waals surface area contributed by atoms with Crippen LogP contribution in [0.1, 0.15) is 20.7 Å². The molecule has 0 bridgehead atoms. The van der Waals surface area contributed by atoms with Gasteiger partial charge in [0.1, 0.15) is 0 Å². The number of esters is 1. The number of hydrogen-bond acceptors (Lipinski definition) is 5. The molecule has 3 aromatic carbocycles. The minimum atomic E-state index is -0.715.